The number of nitrogens with zero attached hydrogens (tertiary/aromatic N) is 2. The van der Waals surface area contributed by atoms with Gasteiger partial charge in [0.2, 0.25) is 5.88 Å². The maximum Gasteiger partial charge on any atom is 0.280 e. The molecule has 2 heterocycles. The van der Waals surface area contributed by atoms with Crippen molar-refractivity contribution in [2.24, 2.45) is 11.7 Å². The van der Waals surface area contributed by atoms with E-state index in [-0.39, 0.29) is 11.2 Å². The molecule has 2 aromatic rings. The van der Waals surface area contributed by atoms with Gasteiger partial charge < -0.3 is 10.5 Å². The van der Waals surface area contributed by atoms with E-state index in [1.165, 1.54) is 12.3 Å². The number of halogens is 2. The van der Waals surface area contributed by atoms with Crippen molar-refractivity contribution < 1.29 is 13.5 Å². The molecule has 0 amide bonds. The Bertz CT molecular complexity index is 714. The van der Waals surface area contributed by atoms with Gasteiger partial charge in [-0.15, -0.1) is 0 Å². The predicted octanol–water partition coefficient (Wildman–Crippen LogP) is 4.53. The van der Waals surface area contributed by atoms with Crippen molar-refractivity contribution in [2.45, 2.75) is 46.1 Å². The first kappa shape index (κ1) is 19.2. The quantitative estimate of drug-likeness (QED) is 0.798. The average Bonchev–Trinajstić information content (AvgIpc) is 2.52. The predicted molar refractivity (Wildman–Crippen MR) is 94.7 cm³/mol. The number of aromatic nitrogens is 2. The molecule has 2 N–H and O–H groups in total. The van der Waals surface area contributed by atoms with Crippen molar-refractivity contribution in [3.8, 4) is 17.0 Å². The molecule has 0 saturated carbocycles. The maximum absolute atomic E-state index is 12.8. The summed E-state index contributed by atoms with van der Waals surface area (Å²) in [4.78, 5) is 8.01. The Morgan fingerprint density at radius 1 is 1.20 bits per heavy atom. The van der Waals surface area contributed by atoms with E-state index in [9.17, 15) is 8.78 Å². The van der Waals surface area contributed by atoms with E-state index in [1.54, 1.807) is 12.3 Å². The van der Waals surface area contributed by atoms with Gasteiger partial charge in [-0.05, 0) is 56.9 Å². The van der Waals surface area contributed by atoms with Gasteiger partial charge in [-0.25, -0.2) is 13.8 Å². The molecule has 25 heavy (non-hydrogen) atoms. The minimum absolute atomic E-state index is 0.237. The summed E-state index contributed by atoms with van der Waals surface area (Å²) in [6.07, 6.45) is 1.26. The molecule has 2 rings (SSSR count). The lowest BCUT2D eigenvalue weighted by atomic mass is 9.93. The van der Waals surface area contributed by atoms with Gasteiger partial charge in [0.05, 0.1) is 6.61 Å². The fraction of sp³-hybridized carbons (Fsp3) is 0.474. The number of alkyl halides is 2. The van der Waals surface area contributed by atoms with Crippen molar-refractivity contribution >= 4 is 0 Å². The number of aryl methyl sites for hydroxylation is 1. The van der Waals surface area contributed by atoms with Crippen LogP contribution in [0.5, 0.6) is 5.88 Å². The molecule has 0 radical (unpaired) electrons. The van der Waals surface area contributed by atoms with Gasteiger partial charge in [-0.3, -0.25) is 4.98 Å². The van der Waals surface area contributed by atoms with Gasteiger partial charge in [-0.2, -0.15) is 0 Å². The fourth-order valence-corrected chi connectivity index (χ4v) is 2.80. The van der Waals surface area contributed by atoms with Crippen LogP contribution in [-0.2, 0) is 0 Å². The molecule has 0 aromatic carbocycles. The van der Waals surface area contributed by atoms with E-state index in [4.69, 9.17) is 10.5 Å². The van der Waals surface area contributed by atoms with Crippen LogP contribution in [0.1, 0.15) is 44.9 Å². The zero-order chi connectivity index (χ0) is 18.6. The normalized spacial score (nSPS) is 13.1. The highest BCUT2D eigenvalue weighted by molar-refractivity contribution is 5.64. The largest absolute Gasteiger partial charge is 0.477 e. The lowest BCUT2D eigenvalue weighted by Gasteiger charge is -2.23. The summed E-state index contributed by atoms with van der Waals surface area (Å²) in [5, 5.41) is 0. The van der Waals surface area contributed by atoms with Crippen molar-refractivity contribution in [1.82, 2.24) is 9.97 Å². The van der Waals surface area contributed by atoms with Crippen LogP contribution in [0.4, 0.5) is 8.78 Å². The lowest BCUT2D eigenvalue weighted by Crippen LogP contribution is -2.35. The molecular weight excluding hydrogens is 324 g/mol. The molecule has 0 aliphatic carbocycles. The summed E-state index contributed by atoms with van der Waals surface area (Å²) in [5.74, 6) is 0.850. The fourth-order valence-electron chi connectivity index (χ4n) is 2.80. The third-order valence-electron chi connectivity index (χ3n) is 3.75. The van der Waals surface area contributed by atoms with Crippen LogP contribution < -0.4 is 10.5 Å². The molecule has 0 aliphatic heterocycles. The van der Waals surface area contributed by atoms with Gasteiger partial charge in [-0.1, -0.05) is 6.92 Å². The Morgan fingerprint density at radius 2 is 1.92 bits per heavy atom. The maximum atomic E-state index is 12.8. The Kier molecular flexibility index (Phi) is 6.06. The Balaban J connectivity index is 2.09. The number of rotatable bonds is 7. The van der Waals surface area contributed by atoms with E-state index in [0.717, 1.165) is 17.5 Å². The van der Waals surface area contributed by atoms with Crippen LogP contribution in [-0.4, -0.2) is 22.1 Å². The molecule has 4 nitrogen and oxygen atoms in total. The van der Waals surface area contributed by atoms with E-state index in [0.29, 0.717) is 24.0 Å². The molecule has 1 atom stereocenters. The second kappa shape index (κ2) is 7.87. The zero-order valence-electron chi connectivity index (χ0n) is 15.1. The number of pyridine rings is 2. The van der Waals surface area contributed by atoms with Crippen molar-refractivity contribution in [3.05, 3.63) is 41.9 Å². The lowest BCUT2D eigenvalue weighted by molar-refractivity contribution is 0.146. The SMILES string of the molecule is Cc1cc(-c2ccnc(C(F)F)c2)cnc1OC[C@@H](C)CC(C)(C)N. The van der Waals surface area contributed by atoms with Gasteiger partial charge in [0, 0.05) is 29.1 Å². The van der Waals surface area contributed by atoms with Gasteiger partial charge in [0.1, 0.15) is 5.69 Å². The van der Waals surface area contributed by atoms with Crippen LogP contribution in [0.2, 0.25) is 0 Å². The zero-order valence-corrected chi connectivity index (χ0v) is 15.1. The Morgan fingerprint density at radius 3 is 2.52 bits per heavy atom. The van der Waals surface area contributed by atoms with Crippen LogP contribution >= 0.6 is 0 Å². The van der Waals surface area contributed by atoms with E-state index in [2.05, 4.69) is 16.9 Å². The second-order valence-corrected chi connectivity index (χ2v) is 7.23. The van der Waals surface area contributed by atoms with Crippen molar-refractivity contribution in [2.75, 3.05) is 6.61 Å². The van der Waals surface area contributed by atoms with Crippen LogP contribution in [0.15, 0.2) is 30.6 Å². The third kappa shape index (κ3) is 5.74. The van der Waals surface area contributed by atoms with E-state index < -0.39 is 6.43 Å². The van der Waals surface area contributed by atoms with Gasteiger partial charge in [0.25, 0.3) is 6.43 Å². The molecule has 0 spiro atoms. The summed E-state index contributed by atoms with van der Waals surface area (Å²) < 4.78 is 31.4. The average molecular weight is 349 g/mol. The number of hydrogen-bond acceptors (Lipinski definition) is 4. The first-order chi connectivity index (χ1) is 11.7. The molecule has 0 unspecified atom stereocenters. The smallest absolute Gasteiger partial charge is 0.280 e. The first-order valence-electron chi connectivity index (χ1n) is 8.28. The highest BCUT2D eigenvalue weighted by Gasteiger charge is 2.17. The highest BCUT2D eigenvalue weighted by atomic mass is 19.3. The summed E-state index contributed by atoms with van der Waals surface area (Å²) >= 11 is 0. The number of ether oxygens (including phenoxy) is 1. The van der Waals surface area contributed by atoms with Gasteiger partial charge in [0.15, 0.2) is 0 Å². The summed E-state index contributed by atoms with van der Waals surface area (Å²) in [6.45, 7) is 8.48. The van der Waals surface area contributed by atoms with E-state index in [1.807, 2.05) is 26.8 Å². The topological polar surface area (TPSA) is 61.0 Å². The number of nitrogens with two attached hydrogens (primary N) is 1. The first-order valence-corrected chi connectivity index (χ1v) is 8.28. The molecule has 0 aliphatic rings. The minimum Gasteiger partial charge on any atom is -0.477 e. The standard InChI is InChI=1S/C19H25F2N3O/c1-12(9-19(3,4)22)11-25-18-13(2)7-15(10-24-18)14-5-6-23-16(8-14)17(20)21/h5-8,10,12,17H,9,11,22H2,1-4H3/t12-/m0/s1. The van der Waals surface area contributed by atoms with Crippen LogP contribution in [0, 0.1) is 12.8 Å². The molecule has 2 aromatic heterocycles. The summed E-state index contributed by atoms with van der Waals surface area (Å²) in [5.41, 5.74) is 7.81. The van der Waals surface area contributed by atoms with Gasteiger partial charge >= 0.3 is 0 Å². The summed E-state index contributed by atoms with van der Waals surface area (Å²) in [7, 11) is 0. The van der Waals surface area contributed by atoms with Crippen LogP contribution in [0.25, 0.3) is 11.1 Å². The van der Waals surface area contributed by atoms with Crippen molar-refractivity contribution in [1.29, 1.82) is 0 Å². The molecule has 0 fully saturated rings. The highest BCUT2D eigenvalue weighted by Crippen LogP contribution is 2.27. The Labute approximate surface area is 147 Å². The van der Waals surface area contributed by atoms with Crippen LogP contribution in [0.3, 0.4) is 0 Å². The third-order valence-corrected chi connectivity index (χ3v) is 3.75. The molecule has 6 heteroatoms. The van der Waals surface area contributed by atoms with E-state index >= 15 is 0 Å². The summed E-state index contributed by atoms with van der Waals surface area (Å²) in [6, 6.07) is 4.95. The molecular formula is C19H25F2N3O. The Hall–Kier alpha value is -2.08. The molecule has 0 saturated heterocycles. The molecule has 0 bridgehead atoms. The number of hydrogen-bond donors (Lipinski definition) is 1. The second-order valence-electron chi connectivity index (χ2n) is 7.23. The monoisotopic (exact) mass is 349 g/mol. The minimum atomic E-state index is -2.59. The van der Waals surface area contributed by atoms with Crippen molar-refractivity contribution in [3.63, 3.8) is 0 Å². The molecule has 136 valence electrons.